The van der Waals surface area contributed by atoms with Crippen LogP contribution >= 0.6 is 0 Å². The molecule has 0 radical (unpaired) electrons. The van der Waals surface area contributed by atoms with Gasteiger partial charge in [0.25, 0.3) is 0 Å². The van der Waals surface area contributed by atoms with Crippen LogP contribution in [0.3, 0.4) is 0 Å². The van der Waals surface area contributed by atoms with Gasteiger partial charge in [-0.05, 0) is 37.1 Å². The van der Waals surface area contributed by atoms with Crippen molar-refractivity contribution in [3.8, 4) is 5.75 Å². The molecule has 23 heavy (non-hydrogen) atoms. The number of methoxy groups -OCH3 is 1. The lowest BCUT2D eigenvalue weighted by Gasteiger charge is -2.43. The van der Waals surface area contributed by atoms with Crippen LogP contribution in [0.2, 0.25) is 0 Å². The minimum atomic E-state index is 0.0639. The standard InChI is InChI=1S/C18H26N2O3/c1-22-15-8-6-14(7-9-15)19-18(21)10-11-20-12-13-23-17-5-3-2-4-16(17)20/h6-9,16-17H,2-5,10-13H2,1H3,(H,19,21). The number of benzene rings is 1. The van der Waals surface area contributed by atoms with Crippen LogP contribution in [0, 0.1) is 0 Å². The van der Waals surface area contributed by atoms with Gasteiger partial charge >= 0.3 is 0 Å². The molecule has 1 saturated heterocycles. The Balaban J connectivity index is 1.47. The molecule has 1 N–H and O–H groups in total. The zero-order chi connectivity index (χ0) is 16.1. The second-order valence-corrected chi connectivity index (χ2v) is 6.32. The fourth-order valence-electron chi connectivity index (χ4n) is 3.60. The van der Waals surface area contributed by atoms with Crippen LogP contribution < -0.4 is 10.1 Å². The van der Waals surface area contributed by atoms with Gasteiger partial charge in [0.05, 0.1) is 19.8 Å². The molecule has 2 atom stereocenters. The molecule has 1 amide bonds. The molecular formula is C18H26N2O3. The maximum Gasteiger partial charge on any atom is 0.225 e. The van der Waals surface area contributed by atoms with E-state index in [-0.39, 0.29) is 5.91 Å². The molecule has 1 aromatic carbocycles. The summed E-state index contributed by atoms with van der Waals surface area (Å²) >= 11 is 0. The molecule has 1 aliphatic heterocycles. The van der Waals surface area contributed by atoms with E-state index in [9.17, 15) is 4.79 Å². The highest BCUT2D eigenvalue weighted by Crippen LogP contribution is 2.28. The molecule has 2 unspecified atom stereocenters. The number of morpholine rings is 1. The zero-order valence-electron chi connectivity index (χ0n) is 13.8. The van der Waals surface area contributed by atoms with Gasteiger partial charge in [-0.15, -0.1) is 0 Å². The number of amides is 1. The van der Waals surface area contributed by atoms with Crippen molar-refractivity contribution in [2.24, 2.45) is 0 Å². The molecule has 0 spiro atoms. The fraction of sp³-hybridized carbons (Fsp3) is 0.611. The maximum atomic E-state index is 12.2. The molecule has 2 fully saturated rings. The number of rotatable bonds is 5. The highest BCUT2D eigenvalue weighted by Gasteiger charge is 2.33. The monoisotopic (exact) mass is 318 g/mol. The van der Waals surface area contributed by atoms with Gasteiger partial charge in [-0.25, -0.2) is 0 Å². The van der Waals surface area contributed by atoms with Crippen LogP contribution in [-0.4, -0.2) is 49.8 Å². The maximum absolute atomic E-state index is 12.2. The molecule has 1 saturated carbocycles. The molecule has 5 nitrogen and oxygen atoms in total. The topological polar surface area (TPSA) is 50.8 Å². The number of carbonyl (C=O) groups excluding carboxylic acids is 1. The third kappa shape index (κ3) is 4.24. The Bertz CT molecular complexity index is 516. The van der Waals surface area contributed by atoms with E-state index in [0.717, 1.165) is 31.1 Å². The van der Waals surface area contributed by atoms with Crippen molar-refractivity contribution in [1.82, 2.24) is 4.90 Å². The first-order chi connectivity index (χ1) is 11.3. The van der Waals surface area contributed by atoms with E-state index >= 15 is 0 Å². The average molecular weight is 318 g/mol. The second-order valence-electron chi connectivity index (χ2n) is 6.32. The van der Waals surface area contributed by atoms with E-state index in [2.05, 4.69) is 10.2 Å². The Morgan fingerprint density at radius 3 is 2.87 bits per heavy atom. The van der Waals surface area contributed by atoms with Crippen molar-refractivity contribution in [3.63, 3.8) is 0 Å². The quantitative estimate of drug-likeness (QED) is 0.907. The van der Waals surface area contributed by atoms with Gasteiger partial charge < -0.3 is 14.8 Å². The van der Waals surface area contributed by atoms with Gasteiger partial charge in [0, 0.05) is 31.2 Å². The molecular weight excluding hydrogens is 292 g/mol. The van der Waals surface area contributed by atoms with E-state index in [4.69, 9.17) is 9.47 Å². The Kier molecular flexibility index (Phi) is 5.51. The highest BCUT2D eigenvalue weighted by molar-refractivity contribution is 5.90. The van der Waals surface area contributed by atoms with Crippen molar-refractivity contribution in [2.45, 2.75) is 44.2 Å². The van der Waals surface area contributed by atoms with Crippen molar-refractivity contribution < 1.29 is 14.3 Å². The van der Waals surface area contributed by atoms with Crippen LogP contribution in [0.5, 0.6) is 5.75 Å². The van der Waals surface area contributed by atoms with E-state index in [1.807, 2.05) is 24.3 Å². The molecule has 3 rings (SSSR count). The summed E-state index contributed by atoms with van der Waals surface area (Å²) in [5.41, 5.74) is 0.813. The minimum absolute atomic E-state index is 0.0639. The number of fused-ring (bicyclic) bond motifs is 1. The Hall–Kier alpha value is -1.59. The number of carbonyl (C=O) groups is 1. The molecule has 1 heterocycles. The van der Waals surface area contributed by atoms with Gasteiger partial charge in [0.2, 0.25) is 5.91 Å². The van der Waals surface area contributed by atoms with E-state index in [1.54, 1.807) is 7.11 Å². The highest BCUT2D eigenvalue weighted by atomic mass is 16.5. The first kappa shape index (κ1) is 16.3. The van der Waals surface area contributed by atoms with E-state index in [1.165, 1.54) is 25.7 Å². The number of nitrogens with zero attached hydrogens (tertiary/aromatic N) is 1. The predicted octanol–water partition coefficient (Wildman–Crippen LogP) is 2.67. The van der Waals surface area contributed by atoms with E-state index < -0.39 is 0 Å². The zero-order valence-corrected chi connectivity index (χ0v) is 13.8. The van der Waals surface area contributed by atoms with Crippen LogP contribution in [0.1, 0.15) is 32.1 Å². The summed E-state index contributed by atoms with van der Waals surface area (Å²) in [7, 11) is 1.63. The molecule has 1 aliphatic carbocycles. The number of nitrogens with one attached hydrogen (secondary N) is 1. The van der Waals surface area contributed by atoms with Crippen LogP contribution in [0.4, 0.5) is 5.69 Å². The first-order valence-electron chi connectivity index (χ1n) is 8.56. The Morgan fingerprint density at radius 1 is 1.30 bits per heavy atom. The number of hydrogen-bond acceptors (Lipinski definition) is 4. The fourth-order valence-corrected chi connectivity index (χ4v) is 3.60. The van der Waals surface area contributed by atoms with Crippen molar-refractivity contribution in [3.05, 3.63) is 24.3 Å². The van der Waals surface area contributed by atoms with Gasteiger partial charge in [-0.3, -0.25) is 9.69 Å². The summed E-state index contributed by atoms with van der Waals surface area (Å²) in [5, 5.41) is 2.95. The number of anilines is 1. The predicted molar refractivity (Wildman–Crippen MR) is 89.8 cm³/mol. The van der Waals surface area contributed by atoms with Crippen molar-refractivity contribution >= 4 is 11.6 Å². The average Bonchev–Trinajstić information content (AvgIpc) is 2.60. The minimum Gasteiger partial charge on any atom is -0.497 e. The molecule has 0 aromatic heterocycles. The third-order valence-corrected chi connectivity index (χ3v) is 4.85. The molecule has 2 aliphatic rings. The number of hydrogen-bond donors (Lipinski definition) is 1. The summed E-state index contributed by atoms with van der Waals surface area (Å²) in [6.07, 6.45) is 5.81. The first-order valence-corrected chi connectivity index (χ1v) is 8.56. The smallest absolute Gasteiger partial charge is 0.225 e. The Morgan fingerprint density at radius 2 is 2.09 bits per heavy atom. The van der Waals surface area contributed by atoms with Gasteiger partial charge in [0.1, 0.15) is 5.75 Å². The summed E-state index contributed by atoms with van der Waals surface area (Å²) in [6.45, 7) is 2.55. The molecule has 5 heteroatoms. The second kappa shape index (κ2) is 7.79. The van der Waals surface area contributed by atoms with Gasteiger partial charge in [0.15, 0.2) is 0 Å². The summed E-state index contributed by atoms with van der Waals surface area (Å²) < 4.78 is 11.0. The Labute approximate surface area is 137 Å². The van der Waals surface area contributed by atoms with E-state index in [0.29, 0.717) is 18.6 Å². The SMILES string of the molecule is COc1ccc(NC(=O)CCN2CCOC3CCCCC32)cc1. The molecule has 1 aromatic rings. The summed E-state index contributed by atoms with van der Waals surface area (Å²) in [6, 6.07) is 7.94. The lowest BCUT2D eigenvalue weighted by atomic mass is 9.90. The van der Waals surface area contributed by atoms with Gasteiger partial charge in [-0.1, -0.05) is 12.8 Å². The summed E-state index contributed by atoms with van der Waals surface area (Å²) in [4.78, 5) is 14.6. The van der Waals surface area contributed by atoms with Crippen LogP contribution in [-0.2, 0) is 9.53 Å². The van der Waals surface area contributed by atoms with Crippen LogP contribution in [0.15, 0.2) is 24.3 Å². The summed E-state index contributed by atoms with van der Waals surface area (Å²) in [5.74, 6) is 0.855. The van der Waals surface area contributed by atoms with Gasteiger partial charge in [-0.2, -0.15) is 0 Å². The lowest BCUT2D eigenvalue weighted by molar-refractivity contribution is -0.118. The van der Waals surface area contributed by atoms with Crippen molar-refractivity contribution in [2.75, 3.05) is 32.1 Å². The lowest BCUT2D eigenvalue weighted by Crippen LogP contribution is -2.53. The number of ether oxygens (including phenoxy) is 2. The van der Waals surface area contributed by atoms with Crippen molar-refractivity contribution in [1.29, 1.82) is 0 Å². The largest absolute Gasteiger partial charge is 0.497 e. The normalized spacial score (nSPS) is 24.7. The third-order valence-electron chi connectivity index (χ3n) is 4.85. The molecule has 126 valence electrons. The van der Waals surface area contributed by atoms with Crippen LogP contribution in [0.25, 0.3) is 0 Å². The molecule has 0 bridgehead atoms.